The maximum Gasteiger partial charge on any atom is 0.228 e. The molecule has 1 N–H and O–H groups in total. The van der Waals surface area contributed by atoms with Crippen molar-refractivity contribution >= 4 is 38.6 Å². The lowest BCUT2D eigenvalue weighted by Gasteiger charge is -2.32. The first-order chi connectivity index (χ1) is 16.1. The molecule has 1 aromatic heterocycles. The molecule has 0 aliphatic carbocycles. The molecule has 1 fully saturated rings. The van der Waals surface area contributed by atoms with Gasteiger partial charge in [-0.2, -0.15) is 0 Å². The molecular formula is C27H27BrN4O. The van der Waals surface area contributed by atoms with E-state index in [1.165, 1.54) is 0 Å². The number of rotatable bonds is 5. The van der Waals surface area contributed by atoms with E-state index in [0.717, 1.165) is 64.2 Å². The highest BCUT2D eigenvalue weighted by atomic mass is 79.9. The zero-order valence-electron chi connectivity index (χ0n) is 18.7. The second-order valence-electron chi connectivity index (χ2n) is 8.71. The summed E-state index contributed by atoms with van der Waals surface area (Å²) in [4.78, 5) is 20.4. The number of likely N-dealkylation sites (tertiary alicyclic amines) is 1. The lowest BCUT2D eigenvalue weighted by Crippen LogP contribution is -2.40. The van der Waals surface area contributed by atoms with Crippen LogP contribution in [-0.2, 0) is 11.3 Å². The molecule has 0 radical (unpaired) electrons. The van der Waals surface area contributed by atoms with E-state index in [1.807, 2.05) is 49.4 Å². The quantitative estimate of drug-likeness (QED) is 0.366. The third-order valence-corrected chi connectivity index (χ3v) is 6.83. The molecule has 0 saturated carbocycles. The molecule has 4 aromatic rings. The molecule has 1 aliphatic heterocycles. The van der Waals surface area contributed by atoms with Crippen LogP contribution in [0.3, 0.4) is 0 Å². The summed E-state index contributed by atoms with van der Waals surface area (Å²) in [5.41, 5.74) is 5.14. The number of anilines is 1. The average Bonchev–Trinajstić information content (AvgIpc) is 3.18. The Labute approximate surface area is 202 Å². The number of nitrogens with one attached hydrogen (secondary N) is 1. The maximum atomic E-state index is 13.0. The highest BCUT2D eigenvalue weighted by Gasteiger charge is 2.27. The second-order valence-corrected chi connectivity index (χ2v) is 9.63. The number of nitrogens with zero attached hydrogens (tertiary/aromatic N) is 3. The van der Waals surface area contributed by atoms with Crippen molar-refractivity contribution in [2.45, 2.75) is 26.3 Å². The zero-order chi connectivity index (χ0) is 22.8. The molecule has 6 heteroatoms. The number of benzene rings is 3. The molecule has 1 saturated heterocycles. The summed E-state index contributed by atoms with van der Waals surface area (Å²) in [6, 6.07) is 24.5. The van der Waals surface area contributed by atoms with Crippen LogP contribution >= 0.6 is 15.9 Å². The van der Waals surface area contributed by atoms with Gasteiger partial charge in [-0.15, -0.1) is 0 Å². The Morgan fingerprint density at radius 3 is 2.76 bits per heavy atom. The fourth-order valence-corrected chi connectivity index (χ4v) is 5.03. The fourth-order valence-electron chi connectivity index (χ4n) is 4.65. The largest absolute Gasteiger partial charge is 0.326 e. The third-order valence-electron chi connectivity index (χ3n) is 6.34. The van der Waals surface area contributed by atoms with Crippen LogP contribution < -0.4 is 5.32 Å². The molecule has 3 aromatic carbocycles. The summed E-state index contributed by atoms with van der Waals surface area (Å²) in [6.07, 6.45) is 1.92. The molecule has 0 bridgehead atoms. The average molecular weight is 503 g/mol. The minimum atomic E-state index is -0.0259. The topological polar surface area (TPSA) is 50.2 Å². The molecule has 1 amide bonds. The van der Waals surface area contributed by atoms with Crippen LogP contribution in [0.5, 0.6) is 0 Å². The number of piperidine rings is 1. The molecule has 0 spiro atoms. The van der Waals surface area contributed by atoms with Gasteiger partial charge in [-0.1, -0.05) is 52.3 Å². The molecule has 5 rings (SSSR count). The Bertz CT molecular complexity index is 1300. The highest BCUT2D eigenvalue weighted by Crippen LogP contribution is 2.26. The predicted octanol–water partition coefficient (Wildman–Crippen LogP) is 5.95. The first-order valence-electron chi connectivity index (χ1n) is 11.4. The van der Waals surface area contributed by atoms with Crippen LogP contribution in [0.2, 0.25) is 0 Å². The molecule has 1 aliphatic rings. The Morgan fingerprint density at radius 1 is 1.09 bits per heavy atom. The van der Waals surface area contributed by atoms with Gasteiger partial charge < -0.3 is 5.32 Å². The van der Waals surface area contributed by atoms with Crippen molar-refractivity contribution in [1.29, 1.82) is 0 Å². The van der Waals surface area contributed by atoms with E-state index in [0.29, 0.717) is 6.54 Å². The Kier molecular flexibility index (Phi) is 6.29. The number of aromatic nitrogens is 2. The first-order valence-corrected chi connectivity index (χ1v) is 12.2. The maximum absolute atomic E-state index is 13.0. The minimum absolute atomic E-state index is 0.0259. The SMILES string of the molecule is Cc1ccccc1NC(=O)[C@@H]1CCCN(Cc2nc3ccccc3n2-c2cccc(Br)c2)C1. The number of carbonyl (C=O) groups excluding carboxylic acids is 1. The second kappa shape index (κ2) is 9.49. The fraction of sp³-hybridized carbons (Fsp3) is 0.259. The van der Waals surface area contributed by atoms with Gasteiger partial charge in [0.2, 0.25) is 5.91 Å². The monoisotopic (exact) mass is 502 g/mol. The Hall–Kier alpha value is -2.96. The number of carbonyl (C=O) groups is 1. The first kappa shape index (κ1) is 21.9. The number of hydrogen-bond donors (Lipinski definition) is 1. The Morgan fingerprint density at radius 2 is 1.91 bits per heavy atom. The summed E-state index contributed by atoms with van der Waals surface area (Å²) in [5.74, 6) is 1.07. The van der Waals surface area contributed by atoms with Crippen LogP contribution in [0.15, 0.2) is 77.3 Å². The van der Waals surface area contributed by atoms with Crippen molar-refractivity contribution in [3.8, 4) is 5.69 Å². The predicted molar refractivity (Wildman–Crippen MR) is 137 cm³/mol. The van der Waals surface area contributed by atoms with Gasteiger partial charge in [0.25, 0.3) is 0 Å². The molecular weight excluding hydrogens is 476 g/mol. The van der Waals surface area contributed by atoms with Crippen LogP contribution in [0.4, 0.5) is 5.69 Å². The molecule has 1 atom stereocenters. The van der Waals surface area contributed by atoms with Gasteiger partial charge >= 0.3 is 0 Å². The van der Waals surface area contributed by atoms with Crippen molar-refractivity contribution in [3.63, 3.8) is 0 Å². The van der Waals surface area contributed by atoms with Crippen LogP contribution in [0, 0.1) is 12.8 Å². The molecule has 33 heavy (non-hydrogen) atoms. The summed E-state index contributed by atoms with van der Waals surface area (Å²) >= 11 is 3.60. The van der Waals surface area contributed by atoms with E-state index in [4.69, 9.17) is 4.98 Å². The highest BCUT2D eigenvalue weighted by molar-refractivity contribution is 9.10. The van der Waals surface area contributed by atoms with E-state index < -0.39 is 0 Å². The summed E-state index contributed by atoms with van der Waals surface area (Å²) < 4.78 is 3.27. The summed E-state index contributed by atoms with van der Waals surface area (Å²) in [6.45, 7) is 4.43. The molecule has 5 nitrogen and oxygen atoms in total. The van der Waals surface area contributed by atoms with Crippen molar-refractivity contribution in [1.82, 2.24) is 14.5 Å². The van der Waals surface area contributed by atoms with E-state index in [9.17, 15) is 4.79 Å². The number of amides is 1. The smallest absolute Gasteiger partial charge is 0.228 e. The van der Waals surface area contributed by atoms with Crippen molar-refractivity contribution in [2.24, 2.45) is 5.92 Å². The normalized spacial score (nSPS) is 16.7. The molecule has 0 unspecified atom stereocenters. The van der Waals surface area contributed by atoms with E-state index in [1.54, 1.807) is 0 Å². The summed E-state index contributed by atoms with van der Waals surface area (Å²) in [5, 5.41) is 3.14. The molecule has 168 valence electrons. The van der Waals surface area contributed by atoms with Crippen LogP contribution in [-0.4, -0.2) is 33.4 Å². The number of imidazole rings is 1. The van der Waals surface area contributed by atoms with Gasteiger partial charge in [-0.05, 0) is 68.3 Å². The van der Waals surface area contributed by atoms with E-state index in [2.05, 4.69) is 61.0 Å². The number of para-hydroxylation sites is 3. The number of hydrogen-bond acceptors (Lipinski definition) is 3. The van der Waals surface area contributed by atoms with E-state index in [-0.39, 0.29) is 11.8 Å². The number of fused-ring (bicyclic) bond motifs is 1. The van der Waals surface area contributed by atoms with Gasteiger partial charge in [0.05, 0.1) is 23.5 Å². The lowest BCUT2D eigenvalue weighted by atomic mass is 9.97. The minimum Gasteiger partial charge on any atom is -0.326 e. The van der Waals surface area contributed by atoms with Gasteiger partial charge in [0.1, 0.15) is 5.82 Å². The van der Waals surface area contributed by atoms with Gasteiger partial charge in [-0.25, -0.2) is 4.98 Å². The van der Waals surface area contributed by atoms with Crippen LogP contribution in [0.25, 0.3) is 16.7 Å². The van der Waals surface area contributed by atoms with Gasteiger partial charge in [0.15, 0.2) is 0 Å². The number of halogens is 1. The standard InChI is InChI=1S/C27H27BrN4O/c1-19-8-2-3-12-23(19)30-27(33)20-9-7-15-31(17-20)18-26-29-24-13-4-5-14-25(24)32(26)22-11-6-10-21(28)16-22/h2-6,8,10-14,16,20H,7,9,15,17-18H2,1H3,(H,30,33)/t20-/m1/s1. The van der Waals surface area contributed by atoms with Gasteiger partial charge in [-0.3, -0.25) is 14.3 Å². The van der Waals surface area contributed by atoms with Gasteiger partial charge in [0, 0.05) is 22.4 Å². The molecule has 2 heterocycles. The van der Waals surface area contributed by atoms with E-state index >= 15 is 0 Å². The summed E-state index contributed by atoms with van der Waals surface area (Å²) in [7, 11) is 0. The van der Waals surface area contributed by atoms with Crippen LogP contribution in [0.1, 0.15) is 24.2 Å². The van der Waals surface area contributed by atoms with Crippen molar-refractivity contribution < 1.29 is 4.79 Å². The lowest BCUT2D eigenvalue weighted by molar-refractivity contribution is -0.121. The van der Waals surface area contributed by atoms with Crippen molar-refractivity contribution in [2.75, 3.05) is 18.4 Å². The van der Waals surface area contributed by atoms with Crippen molar-refractivity contribution in [3.05, 3.63) is 88.7 Å². The Balaban J connectivity index is 1.38. The number of aryl methyl sites for hydroxylation is 1. The third kappa shape index (κ3) is 4.72. The zero-order valence-corrected chi connectivity index (χ0v) is 20.3.